The van der Waals surface area contributed by atoms with Gasteiger partial charge in [-0.05, 0) is 44.2 Å². The molecule has 0 spiro atoms. The van der Waals surface area contributed by atoms with Gasteiger partial charge in [0.25, 0.3) is 5.69 Å². The Hall–Kier alpha value is -1.62. The summed E-state index contributed by atoms with van der Waals surface area (Å²) in [6.45, 7) is 5.71. The van der Waals surface area contributed by atoms with Crippen molar-refractivity contribution in [2.24, 2.45) is 5.92 Å². The van der Waals surface area contributed by atoms with Gasteiger partial charge in [-0.25, -0.2) is 0 Å². The lowest BCUT2D eigenvalue weighted by Gasteiger charge is -2.27. The molecule has 1 heterocycles. The minimum atomic E-state index is -0.364. The Bertz CT molecular complexity index is 462. The maximum absolute atomic E-state index is 10.7. The molecule has 0 bridgehead atoms. The van der Waals surface area contributed by atoms with E-state index >= 15 is 0 Å². The molecule has 1 fully saturated rings. The Balaban J connectivity index is 1.94. The van der Waals surface area contributed by atoms with Crippen LogP contribution in [0.25, 0.3) is 0 Å². The van der Waals surface area contributed by atoms with Crippen molar-refractivity contribution in [2.75, 3.05) is 18.5 Å². The van der Waals surface area contributed by atoms with Crippen LogP contribution >= 0.6 is 0 Å². The molecule has 0 unspecified atom stereocenters. The van der Waals surface area contributed by atoms with Gasteiger partial charge in [0.1, 0.15) is 0 Å². The SMILES string of the molecule is Cc1cc([N+](=O)[O-])ccc1NC[C@H]1CCO[C@H](C)C1. The predicted octanol–water partition coefficient (Wildman–Crippen LogP) is 3.13. The number of non-ortho nitro benzene ring substituents is 1. The summed E-state index contributed by atoms with van der Waals surface area (Å²) in [6.07, 6.45) is 2.47. The number of ether oxygens (including phenoxy) is 1. The second-order valence-corrected chi connectivity index (χ2v) is 5.21. The topological polar surface area (TPSA) is 64.4 Å². The highest BCUT2D eigenvalue weighted by Gasteiger charge is 2.19. The second-order valence-electron chi connectivity index (χ2n) is 5.21. The van der Waals surface area contributed by atoms with E-state index < -0.39 is 0 Å². The molecule has 0 radical (unpaired) electrons. The fraction of sp³-hybridized carbons (Fsp3) is 0.571. The third-order valence-electron chi connectivity index (χ3n) is 3.60. The average Bonchev–Trinajstić information content (AvgIpc) is 2.37. The summed E-state index contributed by atoms with van der Waals surface area (Å²) in [5.41, 5.74) is 2.03. The van der Waals surface area contributed by atoms with Crippen molar-refractivity contribution in [3.63, 3.8) is 0 Å². The Morgan fingerprint density at radius 1 is 1.53 bits per heavy atom. The summed E-state index contributed by atoms with van der Waals surface area (Å²) in [5.74, 6) is 0.610. The molecule has 0 aromatic heterocycles. The summed E-state index contributed by atoms with van der Waals surface area (Å²) in [4.78, 5) is 10.3. The maximum Gasteiger partial charge on any atom is 0.269 e. The molecule has 0 saturated carbocycles. The maximum atomic E-state index is 10.7. The number of rotatable bonds is 4. The van der Waals surface area contributed by atoms with Gasteiger partial charge in [-0.15, -0.1) is 0 Å². The van der Waals surface area contributed by atoms with Crippen molar-refractivity contribution in [3.8, 4) is 0 Å². The van der Waals surface area contributed by atoms with E-state index in [0.29, 0.717) is 12.0 Å². The number of nitrogens with one attached hydrogen (secondary N) is 1. The van der Waals surface area contributed by atoms with E-state index in [-0.39, 0.29) is 10.6 Å². The first kappa shape index (κ1) is 13.8. The van der Waals surface area contributed by atoms with E-state index in [1.54, 1.807) is 18.2 Å². The fourth-order valence-corrected chi connectivity index (χ4v) is 2.49. The van der Waals surface area contributed by atoms with Crippen LogP contribution in [-0.4, -0.2) is 24.2 Å². The van der Waals surface area contributed by atoms with Crippen LogP contribution in [0.5, 0.6) is 0 Å². The number of hydrogen-bond donors (Lipinski definition) is 1. The Morgan fingerprint density at radius 3 is 2.95 bits per heavy atom. The Kier molecular flexibility index (Phi) is 4.37. The quantitative estimate of drug-likeness (QED) is 0.670. The van der Waals surface area contributed by atoms with Crippen molar-refractivity contribution in [3.05, 3.63) is 33.9 Å². The van der Waals surface area contributed by atoms with Gasteiger partial charge >= 0.3 is 0 Å². The van der Waals surface area contributed by atoms with Gasteiger partial charge < -0.3 is 10.1 Å². The molecule has 2 atom stereocenters. The molecule has 2 rings (SSSR count). The predicted molar refractivity (Wildman–Crippen MR) is 74.5 cm³/mol. The fourth-order valence-electron chi connectivity index (χ4n) is 2.49. The Morgan fingerprint density at radius 2 is 2.32 bits per heavy atom. The van der Waals surface area contributed by atoms with Crippen LogP contribution < -0.4 is 5.32 Å². The van der Waals surface area contributed by atoms with Gasteiger partial charge in [0.2, 0.25) is 0 Å². The highest BCUT2D eigenvalue weighted by molar-refractivity contribution is 5.55. The van der Waals surface area contributed by atoms with Gasteiger partial charge in [-0.2, -0.15) is 0 Å². The number of nitro benzene ring substituents is 1. The number of nitro groups is 1. The lowest BCUT2D eigenvalue weighted by Crippen LogP contribution is -2.27. The molecule has 1 aromatic rings. The van der Waals surface area contributed by atoms with Crippen molar-refractivity contribution < 1.29 is 9.66 Å². The zero-order chi connectivity index (χ0) is 13.8. The number of hydrogen-bond acceptors (Lipinski definition) is 4. The lowest BCUT2D eigenvalue weighted by molar-refractivity contribution is -0.384. The van der Waals surface area contributed by atoms with Crippen molar-refractivity contribution in [1.29, 1.82) is 0 Å². The van der Waals surface area contributed by atoms with Crippen LogP contribution in [0.3, 0.4) is 0 Å². The van der Waals surface area contributed by atoms with E-state index in [1.165, 1.54) is 0 Å². The van der Waals surface area contributed by atoms with Crippen molar-refractivity contribution in [1.82, 2.24) is 0 Å². The molecule has 1 saturated heterocycles. The monoisotopic (exact) mass is 264 g/mol. The van der Waals surface area contributed by atoms with Crippen LogP contribution in [0.2, 0.25) is 0 Å². The molecule has 0 amide bonds. The van der Waals surface area contributed by atoms with Gasteiger partial charge in [0.05, 0.1) is 11.0 Å². The normalized spacial score (nSPS) is 23.1. The minimum Gasteiger partial charge on any atom is -0.385 e. The first-order chi connectivity index (χ1) is 9.06. The molecule has 1 N–H and O–H groups in total. The van der Waals surface area contributed by atoms with Gasteiger partial charge in [-0.1, -0.05) is 0 Å². The first-order valence-electron chi connectivity index (χ1n) is 6.67. The summed E-state index contributed by atoms with van der Waals surface area (Å²) in [6, 6.07) is 4.94. The minimum absolute atomic E-state index is 0.141. The molecule has 104 valence electrons. The van der Waals surface area contributed by atoms with E-state index in [9.17, 15) is 10.1 Å². The van der Waals surface area contributed by atoms with E-state index in [1.807, 2.05) is 6.92 Å². The highest BCUT2D eigenvalue weighted by Crippen LogP contribution is 2.24. The summed E-state index contributed by atoms with van der Waals surface area (Å²) in [5, 5.41) is 14.1. The third-order valence-corrected chi connectivity index (χ3v) is 3.60. The third kappa shape index (κ3) is 3.67. The van der Waals surface area contributed by atoms with Crippen LogP contribution in [0.4, 0.5) is 11.4 Å². The second kappa shape index (κ2) is 6.02. The van der Waals surface area contributed by atoms with Crippen LogP contribution in [-0.2, 0) is 4.74 Å². The molecule has 5 heteroatoms. The number of aryl methyl sites for hydroxylation is 1. The van der Waals surface area contributed by atoms with Crippen molar-refractivity contribution >= 4 is 11.4 Å². The number of nitrogens with zero attached hydrogens (tertiary/aromatic N) is 1. The molecule has 1 aliphatic heterocycles. The number of benzene rings is 1. The zero-order valence-corrected chi connectivity index (χ0v) is 11.4. The summed E-state index contributed by atoms with van der Waals surface area (Å²) in [7, 11) is 0. The zero-order valence-electron chi connectivity index (χ0n) is 11.4. The molecular formula is C14H20N2O3. The Labute approximate surface area is 113 Å². The average molecular weight is 264 g/mol. The van der Waals surface area contributed by atoms with E-state index in [2.05, 4.69) is 12.2 Å². The highest BCUT2D eigenvalue weighted by atomic mass is 16.6. The van der Waals surface area contributed by atoms with Crippen LogP contribution in [0.1, 0.15) is 25.3 Å². The largest absolute Gasteiger partial charge is 0.385 e. The summed E-state index contributed by atoms with van der Waals surface area (Å²) >= 11 is 0. The van der Waals surface area contributed by atoms with Gasteiger partial charge in [0.15, 0.2) is 0 Å². The van der Waals surface area contributed by atoms with Crippen molar-refractivity contribution in [2.45, 2.75) is 32.8 Å². The molecule has 5 nitrogen and oxygen atoms in total. The smallest absolute Gasteiger partial charge is 0.269 e. The molecule has 19 heavy (non-hydrogen) atoms. The molecular weight excluding hydrogens is 244 g/mol. The van der Waals surface area contributed by atoms with Gasteiger partial charge in [-0.3, -0.25) is 10.1 Å². The van der Waals surface area contributed by atoms with E-state index in [0.717, 1.165) is 37.2 Å². The summed E-state index contributed by atoms with van der Waals surface area (Å²) < 4.78 is 5.52. The molecule has 1 aromatic carbocycles. The standard InChI is InChI=1S/C14H20N2O3/c1-10-7-13(16(17)18)3-4-14(10)15-9-12-5-6-19-11(2)8-12/h3-4,7,11-12,15H,5-6,8-9H2,1-2H3/t11-,12+/m1/s1. The first-order valence-corrected chi connectivity index (χ1v) is 6.67. The van der Waals surface area contributed by atoms with E-state index in [4.69, 9.17) is 4.74 Å². The molecule has 1 aliphatic rings. The number of anilines is 1. The van der Waals surface area contributed by atoms with Crippen LogP contribution in [0.15, 0.2) is 18.2 Å². The molecule has 0 aliphatic carbocycles. The van der Waals surface area contributed by atoms with Crippen LogP contribution in [0, 0.1) is 23.0 Å². The van der Waals surface area contributed by atoms with Gasteiger partial charge in [0, 0.05) is 31.0 Å². The lowest BCUT2D eigenvalue weighted by atomic mass is 9.96.